The second-order valence-corrected chi connectivity index (χ2v) is 4.65. The largest absolute Gasteiger partial charge is 0.372 e. The minimum Gasteiger partial charge on any atom is -0.372 e. The fraction of sp³-hybridized carbons (Fsp3) is 0.462. The van der Waals surface area contributed by atoms with Gasteiger partial charge in [-0.05, 0) is 24.6 Å². The van der Waals surface area contributed by atoms with Crippen molar-refractivity contribution in [1.29, 1.82) is 0 Å². The Hall–Kier alpha value is -1.62. The van der Waals surface area contributed by atoms with Crippen LogP contribution >= 0.6 is 0 Å². The van der Waals surface area contributed by atoms with E-state index in [1.54, 1.807) is 6.33 Å². The van der Waals surface area contributed by atoms with Crippen molar-refractivity contribution in [3.05, 3.63) is 24.0 Å². The third-order valence-electron chi connectivity index (χ3n) is 3.37. The van der Waals surface area contributed by atoms with Crippen molar-refractivity contribution in [2.75, 3.05) is 31.3 Å². The summed E-state index contributed by atoms with van der Waals surface area (Å²) in [6.45, 7) is 3.60. The number of alkyl halides is 1. The van der Waals surface area contributed by atoms with Crippen molar-refractivity contribution >= 4 is 16.7 Å². The fourth-order valence-electron chi connectivity index (χ4n) is 2.44. The summed E-state index contributed by atoms with van der Waals surface area (Å²) >= 11 is 0. The van der Waals surface area contributed by atoms with Gasteiger partial charge in [-0.25, -0.2) is 9.37 Å². The minimum atomic E-state index is -0.429. The van der Waals surface area contributed by atoms with Crippen LogP contribution in [0.15, 0.2) is 18.5 Å². The molecule has 1 atom stereocenters. The maximum Gasteiger partial charge on any atom is 0.117 e. The smallest absolute Gasteiger partial charge is 0.117 e. The highest BCUT2D eigenvalue weighted by atomic mass is 19.1. The zero-order valence-electron chi connectivity index (χ0n) is 10.3. The number of aryl methyl sites for hydroxylation is 1. The molecule has 4 nitrogen and oxygen atoms in total. The topological polar surface area (TPSA) is 41.1 Å². The zero-order valence-corrected chi connectivity index (χ0v) is 10.3. The number of fused-ring (bicyclic) bond motifs is 1. The molecule has 0 saturated carbocycles. The molecule has 1 aromatic heterocycles. The first kappa shape index (κ1) is 11.5. The van der Waals surface area contributed by atoms with E-state index in [4.69, 9.17) is 4.74 Å². The number of nitrogens with one attached hydrogen (secondary N) is 1. The van der Waals surface area contributed by atoms with Gasteiger partial charge < -0.3 is 14.6 Å². The molecule has 1 saturated heterocycles. The average Bonchev–Trinajstić information content (AvgIpc) is 2.87. The molecule has 5 heteroatoms. The second-order valence-electron chi connectivity index (χ2n) is 4.65. The van der Waals surface area contributed by atoms with Gasteiger partial charge >= 0.3 is 0 Å². The van der Waals surface area contributed by atoms with Crippen molar-refractivity contribution in [2.45, 2.75) is 13.0 Å². The molecule has 0 unspecified atom stereocenters. The van der Waals surface area contributed by atoms with Crippen LogP contribution in [0.4, 0.5) is 10.1 Å². The molecule has 2 heterocycles. The predicted molar refractivity (Wildman–Crippen MR) is 68.8 cm³/mol. The van der Waals surface area contributed by atoms with E-state index in [0.29, 0.717) is 13.2 Å². The predicted octanol–water partition coefficient (Wildman–Crippen LogP) is 2.05. The van der Waals surface area contributed by atoms with Gasteiger partial charge in [0.25, 0.3) is 0 Å². The zero-order chi connectivity index (χ0) is 12.5. The molecule has 96 valence electrons. The Kier molecular flexibility index (Phi) is 2.91. The molecule has 1 aromatic carbocycles. The summed E-state index contributed by atoms with van der Waals surface area (Å²) in [5.41, 5.74) is 4.25. The summed E-state index contributed by atoms with van der Waals surface area (Å²) in [6.07, 6.45) is 1.39. The first-order chi connectivity index (χ1) is 8.78. The normalized spacial score (nSPS) is 20.6. The Morgan fingerprint density at radius 1 is 1.56 bits per heavy atom. The summed E-state index contributed by atoms with van der Waals surface area (Å²) in [7, 11) is 0. The summed E-state index contributed by atoms with van der Waals surface area (Å²) < 4.78 is 18.0. The Morgan fingerprint density at radius 2 is 2.44 bits per heavy atom. The maximum atomic E-state index is 12.7. The van der Waals surface area contributed by atoms with Crippen molar-refractivity contribution < 1.29 is 9.13 Å². The Bertz CT molecular complexity index is 554. The molecule has 1 fully saturated rings. The van der Waals surface area contributed by atoms with Crippen molar-refractivity contribution in [1.82, 2.24) is 9.97 Å². The van der Waals surface area contributed by atoms with Crippen LogP contribution in [0.1, 0.15) is 5.56 Å². The highest BCUT2D eigenvalue weighted by molar-refractivity contribution is 5.82. The molecule has 0 amide bonds. The molecular formula is C13H16FN3O. The standard InChI is InChI=1S/C13H16FN3O/c1-9-4-10(5-12-13(9)16-8-15-12)17-2-3-18-11(6-14)7-17/h4-5,8,11H,2-3,6-7H2,1H3,(H,15,16)/t11-/m1/s1. The van der Waals surface area contributed by atoms with Gasteiger partial charge in [0.05, 0.1) is 24.0 Å². The lowest BCUT2D eigenvalue weighted by Gasteiger charge is -2.33. The lowest BCUT2D eigenvalue weighted by atomic mass is 10.1. The molecule has 0 spiro atoms. The van der Waals surface area contributed by atoms with Gasteiger partial charge in [-0.15, -0.1) is 0 Å². The number of morpholine rings is 1. The first-order valence-electron chi connectivity index (χ1n) is 6.14. The molecule has 1 N–H and O–H groups in total. The van der Waals surface area contributed by atoms with E-state index < -0.39 is 6.67 Å². The molecule has 0 radical (unpaired) electrons. The highest BCUT2D eigenvalue weighted by Gasteiger charge is 2.21. The molecule has 1 aliphatic heterocycles. The summed E-state index contributed by atoms with van der Waals surface area (Å²) in [5.74, 6) is 0. The van der Waals surface area contributed by atoms with Gasteiger partial charge in [0, 0.05) is 18.8 Å². The Morgan fingerprint density at radius 3 is 3.28 bits per heavy atom. The monoisotopic (exact) mass is 249 g/mol. The number of ether oxygens (including phenoxy) is 1. The average molecular weight is 249 g/mol. The van der Waals surface area contributed by atoms with Crippen LogP contribution in [0.5, 0.6) is 0 Å². The van der Waals surface area contributed by atoms with Crippen molar-refractivity contribution in [3.63, 3.8) is 0 Å². The number of imidazole rings is 1. The number of hydrogen-bond donors (Lipinski definition) is 1. The molecule has 18 heavy (non-hydrogen) atoms. The lowest BCUT2D eigenvalue weighted by molar-refractivity contribution is 0.0247. The summed E-state index contributed by atoms with van der Waals surface area (Å²) in [5, 5.41) is 0. The van der Waals surface area contributed by atoms with Crippen molar-refractivity contribution in [2.24, 2.45) is 0 Å². The van der Waals surface area contributed by atoms with E-state index in [-0.39, 0.29) is 6.10 Å². The van der Waals surface area contributed by atoms with E-state index in [0.717, 1.165) is 28.8 Å². The van der Waals surface area contributed by atoms with Gasteiger partial charge in [-0.2, -0.15) is 0 Å². The van der Waals surface area contributed by atoms with Crippen LogP contribution in [-0.2, 0) is 4.74 Å². The maximum absolute atomic E-state index is 12.7. The number of aromatic nitrogens is 2. The molecule has 0 aliphatic carbocycles. The quantitative estimate of drug-likeness (QED) is 0.885. The minimum absolute atomic E-state index is 0.309. The Labute approximate surface area is 105 Å². The van der Waals surface area contributed by atoms with Crippen LogP contribution in [-0.4, -0.2) is 42.4 Å². The van der Waals surface area contributed by atoms with Gasteiger partial charge in [0.2, 0.25) is 0 Å². The van der Waals surface area contributed by atoms with E-state index in [1.165, 1.54) is 0 Å². The molecule has 1 aliphatic rings. The van der Waals surface area contributed by atoms with Crippen molar-refractivity contribution in [3.8, 4) is 0 Å². The number of anilines is 1. The molecular weight excluding hydrogens is 233 g/mol. The van der Waals surface area contributed by atoms with E-state index in [1.807, 2.05) is 6.92 Å². The number of H-pyrrole nitrogens is 1. The molecule has 3 rings (SSSR count). The summed E-state index contributed by atoms with van der Waals surface area (Å²) in [4.78, 5) is 9.57. The lowest BCUT2D eigenvalue weighted by Crippen LogP contribution is -2.43. The van der Waals surface area contributed by atoms with Crippen LogP contribution < -0.4 is 4.90 Å². The highest BCUT2D eigenvalue weighted by Crippen LogP contribution is 2.25. The van der Waals surface area contributed by atoms with E-state index in [2.05, 4.69) is 27.0 Å². The SMILES string of the molecule is Cc1cc(N2CCO[C@H](CF)C2)cc2[nH]cnc12. The van der Waals surface area contributed by atoms with Gasteiger partial charge in [0.15, 0.2) is 0 Å². The number of aromatic amines is 1. The van der Waals surface area contributed by atoms with Crippen LogP contribution in [0.2, 0.25) is 0 Å². The number of benzene rings is 1. The van der Waals surface area contributed by atoms with Gasteiger partial charge in [-0.1, -0.05) is 0 Å². The van der Waals surface area contributed by atoms with E-state index in [9.17, 15) is 4.39 Å². The van der Waals surface area contributed by atoms with Crippen LogP contribution in [0, 0.1) is 6.92 Å². The first-order valence-corrected chi connectivity index (χ1v) is 6.14. The number of rotatable bonds is 2. The molecule has 0 bridgehead atoms. The molecule has 2 aromatic rings. The second kappa shape index (κ2) is 4.57. The van der Waals surface area contributed by atoms with Crippen LogP contribution in [0.3, 0.4) is 0 Å². The third-order valence-corrected chi connectivity index (χ3v) is 3.37. The number of nitrogens with zero attached hydrogens (tertiary/aromatic N) is 2. The Balaban J connectivity index is 1.93. The van der Waals surface area contributed by atoms with Gasteiger partial charge in [-0.3, -0.25) is 0 Å². The summed E-state index contributed by atoms with van der Waals surface area (Å²) in [6, 6.07) is 4.17. The van der Waals surface area contributed by atoms with Crippen LogP contribution in [0.25, 0.3) is 11.0 Å². The van der Waals surface area contributed by atoms with E-state index >= 15 is 0 Å². The third kappa shape index (κ3) is 1.95. The fourth-order valence-corrected chi connectivity index (χ4v) is 2.44. The number of halogens is 1. The van der Waals surface area contributed by atoms with Gasteiger partial charge in [0.1, 0.15) is 12.8 Å². The number of hydrogen-bond acceptors (Lipinski definition) is 3.